The average Bonchev–Trinajstić information content (AvgIpc) is 2.66. The number of nitrogens with one attached hydrogen (secondary N) is 3. The van der Waals surface area contributed by atoms with Crippen molar-refractivity contribution < 1.29 is 9.90 Å². The third kappa shape index (κ3) is 3.72. The Kier molecular flexibility index (Phi) is 4.79. The molecular weight excluding hydrogens is 360 g/mol. The number of amides is 1. The predicted molar refractivity (Wildman–Crippen MR) is 103 cm³/mol. The molecule has 1 fully saturated rings. The molecule has 0 radical (unpaired) electrons. The lowest BCUT2D eigenvalue weighted by Crippen LogP contribution is -2.42. The molecule has 0 aliphatic heterocycles. The van der Waals surface area contributed by atoms with Crippen molar-refractivity contribution >= 4 is 16.8 Å². The van der Waals surface area contributed by atoms with E-state index in [1.54, 1.807) is 6.20 Å². The van der Waals surface area contributed by atoms with Crippen LogP contribution in [0.4, 0.5) is 0 Å². The van der Waals surface area contributed by atoms with E-state index in [2.05, 4.69) is 20.3 Å². The number of para-hydroxylation sites is 1. The number of carbonyl (C=O) groups is 1. The molecule has 2 aromatic heterocycles. The van der Waals surface area contributed by atoms with Gasteiger partial charge in [-0.05, 0) is 36.5 Å². The molecule has 4 rings (SSSR count). The second-order valence-corrected chi connectivity index (χ2v) is 7.17. The fraction of sp³-hybridized carbons (Fsp3) is 0.300. The van der Waals surface area contributed by atoms with Crippen molar-refractivity contribution in [2.75, 3.05) is 0 Å². The number of aliphatic hydroxyl groups is 1. The molecule has 1 saturated carbocycles. The largest absolute Gasteiger partial charge is 0.393 e. The minimum atomic E-state index is -0.613. The summed E-state index contributed by atoms with van der Waals surface area (Å²) < 4.78 is 0. The highest BCUT2D eigenvalue weighted by Crippen LogP contribution is 2.38. The lowest BCUT2D eigenvalue weighted by atomic mass is 9.75. The van der Waals surface area contributed by atoms with Crippen molar-refractivity contribution in [1.29, 1.82) is 0 Å². The van der Waals surface area contributed by atoms with Gasteiger partial charge in [-0.3, -0.25) is 19.6 Å². The number of aliphatic hydroxyl groups excluding tert-OH is 1. The van der Waals surface area contributed by atoms with Crippen LogP contribution in [-0.2, 0) is 11.2 Å². The summed E-state index contributed by atoms with van der Waals surface area (Å²) in [7, 11) is 0. The molecule has 1 atom stereocenters. The molecule has 2 heterocycles. The van der Waals surface area contributed by atoms with E-state index < -0.39 is 11.2 Å². The number of fused-ring (bicyclic) bond motifs is 1. The van der Waals surface area contributed by atoms with Gasteiger partial charge in [0.15, 0.2) is 0 Å². The second kappa shape index (κ2) is 7.40. The van der Waals surface area contributed by atoms with Crippen LogP contribution in [0.2, 0.25) is 0 Å². The molecule has 4 N–H and O–H groups in total. The van der Waals surface area contributed by atoms with E-state index in [1.807, 2.05) is 30.3 Å². The van der Waals surface area contributed by atoms with Gasteiger partial charge in [0, 0.05) is 23.3 Å². The van der Waals surface area contributed by atoms with Crippen LogP contribution in [0.5, 0.6) is 0 Å². The lowest BCUT2D eigenvalue weighted by molar-refractivity contribution is -0.122. The maximum atomic E-state index is 12.6. The van der Waals surface area contributed by atoms with Gasteiger partial charge in [0.2, 0.25) is 5.91 Å². The number of nitrogens with zero attached hydrogens (tertiary/aromatic N) is 1. The molecule has 8 nitrogen and oxygen atoms in total. The highest BCUT2D eigenvalue weighted by Gasteiger charge is 2.36. The zero-order chi connectivity index (χ0) is 19.7. The molecule has 8 heteroatoms. The van der Waals surface area contributed by atoms with E-state index in [0.717, 1.165) is 16.5 Å². The summed E-state index contributed by atoms with van der Waals surface area (Å²) in [4.78, 5) is 44.5. The van der Waals surface area contributed by atoms with Crippen LogP contribution >= 0.6 is 0 Å². The standard InChI is InChI=1S/C20H20N4O4/c25-15-6-12(7-15)18(13-5-11-3-1-2-4-16(11)21-9-13)23-17(26)8-14-10-22-20(28)24-19(14)27/h1-5,9-10,12,15,18,25H,6-8H2,(H,23,26)(H2,22,24,27,28). The van der Waals surface area contributed by atoms with Crippen molar-refractivity contribution in [2.45, 2.75) is 31.4 Å². The first-order valence-corrected chi connectivity index (χ1v) is 9.12. The first-order valence-electron chi connectivity index (χ1n) is 9.12. The quantitative estimate of drug-likeness (QED) is 0.520. The topological polar surface area (TPSA) is 128 Å². The molecular formula is C20H20N4O4. The minimum Gasteiger partial charge on any atom is -0.393 e. The Morgan fingerprint density at radius 3 is 2.82 bits per heavy atom. The second-order valence-electron chi connectivity index (χ2n) is 7.17. The molecule has 0 bridgehead atoms. The number of aromatic nitrogens is 3. The first kappa shape index (κ1) is 18.1. The molecule has 0 spiro atoms. The van der Waals surface area contributed by atoms with Crippen molar-refractivity contribution in [2.24, 2.45) is 5.92 Å². The number of rotatable bonds is 5. The molecule has 0 saturated heterocycles. The summed E-state index contributed by atoms with van der Waals surface area (Å²) in [5.74, 6) is -0.243. The highest BCUT2D eigenvalue weighted by molar-refractivity contribution is 5.80. The monoisotopic (exact) mass is 380 g/mol. The Labute approximate surface area is 159 Å². The molecule has 1 amide bonds. The Hall–Kier alpha value is -3.26. The van der Waals surface area contributed by atoms with Gasteiger partial charge in [-0.25, -0.2) is 4.79 Å². The number of pyridine rings is 1. The summed E-state index contributed by atoms with van der Waals surface area (Å²) in [5, 5.41) is 13.7. The Balaban J connectivity index is 1.58. The van der Waals surface area contributed by atoms with Crippen LogP contribution in [0.25, 0.3) is 10.9 Å². The molecule has 1 aliphatic rings. The van der Waals surface area contributed by atoms with Gasteiger partial charge in [0.25, 0.3) is 5.56 Å². The van der Waals surface area contributed by atoms with Crippen molar-refractivity contribution in [3.05, 3.63) is 74.7 Å². The van der Waals surface area contributed by atoms with Crippen molar-refractivity contribution in [3.63, 3.8) is 0 Å². The van der Waals surface area contributed by atoms with Crippen molar-refractivity contribution in [1.82, 2.24) is 20.3 Å². The molecule has 3 aromatic rings. The molecule has 1 aliphatic carbocycles. The van der Waals surface area contributed by atoms with Gasteiger partial charge in [-0.15, -0.1) is 0 Å². The Morgan fingerprint density at radius 1 is 1.29 bits per heavy atom. The van der Waals surface area contributed by atoms with Crippen LogP contribution < -0.4 is 16.6 Å². The molecule has 28 heavy (non-hydrogen) atoms. The third-order valence-electron chi connectivity index (χ3n) is 5.16. The van der Waals surface area contributed by atoms with Gasteiger partial charge < -0.3 is 15.4 Å². The van der Waals surface area contributed by atoms with Gasteiger partial charge in [-0.1, -0.05) is 18.2 Å². The van der Waals surface area contributed by atoms with E-state index in [9.17, 15) is 19.5 Å². The number of carbonyl (C=O) groups excluding carboxylic acids is 1. The lowest BCUT2D eigenvalue weighted by Gasteiger charge is -2.38. The van der Waals surface area contributed by atoms with Gasteiger partial charge in [0.05, 0.1) is 24.1 Å². The zero-order valence-electron chi connectivity index (χ0n) is 15.0. The highest BCUT2D eigenvalue weighted by atomic mass is 16.3. The number of benzene rings is 1. The van der Waals surface area contributed by atoms with Crippen LogP contribution in [0.15, 0.2) is 52.3 Å². The maximum absolute atomic E-state index is 12.6. The van der Waals surface area contributed by atoms with Gasteiger partial charge >= 0.3 is 5.69 Å². The number of H-pyrrole nitrogens is 2. The predicted octanol–water partition coefficient (Wildman–Crippen LogP) is 0.782. The average molecular weight is 380 g/mol. The molecule has 1 aromatic carbocycles. The third-order valence-corrected chi connectivity index (χ3v) is 5.16. The SMILES string of the molecule is O=C(Cc1c[nH]c(=O)[nH]c1=O)NC(c1cnc2ccccc2c1)C1CC(O)C1. The number of hydrogen-bond acceptors (Lipinski definition) is 5. The summed E-state index contributed by atoms with van der Waals surface area (Å²) in [6, 6.07) is 9.40. The zero-order valence-corrected chi connectivity index (χ0v) is 15.0. The summed E-state index contributed by atoms with van der Waals surface area (Å²) in [6.45, 7) is 0. The molecule has 1 unspecified atom stereocenters. The van der Waals surface area contributed by atoms with Crippen LogP contribution in [0.3, 0.4) is 0 Å². The number of aromatic amines is 2. The number of hydrogen-bond donors (Lipinski definition) is 4. The normalized spacial score (nSPS) is 19.8. The Bertz CT molecular complexity index is 1130. The van der Waals surface area contributed by atoms with Crippen LogP contribution in [0, 0.1) is 5.92 Å². The Morgan fingerprint density at radius 2 is 2.07 bits per heavy atom. The summed E-state index contributed by atoms with van der Waals surface area (Å²) >= 11 is 0. The fourth-order valence-electron chi connectivity index (χ4n) is 3.60. The van der Waals surface area contributed by atoms with E-state index in [0.29, 0.717) is 12.8 Å². The first-order chi connectivity index (χ1) is 13.5. The summed E-state index contributed by atoms with van der Waals surface area (Å²) in [5.41, 5.74) is 0.713. The van der Waals surface area contributed by atoms with E-state index in [1.165, 1.54) is 6.20 Å². The van der Waals surface area contributed by atoms with Gasteiger partial charge in [-0.2, -0.15) is 0 Å². The smallest absolute Gasteiger partial charge is 0.325 e. The van der Waals surface area contributed by atoms with Gasteiger partial charge in [0.1, 0.15) is 0 Å². The fourth-order valence-corrected chi connectivity index (χ4v) is 3.60. The van der Waals surface area contributed by atoms with Crippen LogP contribution in [-0.4, -0.2) is 32.1 Å². The van der Waals surface area contributed by atoms with E-state index >= 15 is 0 Å². The van der Waals surface area contributed by atoms with Crippen LogP contribution in [0.1, 0.15) is 30.0 Å². The summed E-state index contributed by atoms with van der Waals surface area (Å²) in [6.07, 6.45) is 3.66. The molecule has 144 valence electrons. The maximum Gasteiger partial charge on any atom is 0.325 e. The van der Waals surface area contributed by atoms with E-state index in [-0.39, 0.29) is 36.0 Å². The minimum absolute atomic E-state index is 0.0933. The van der Waals surface area contributed by atoms with Crippen molar-refractivity contribution in [3.8, 4) is 0 Å². The van der Waals surface area contributed by atoms with E-state index in [4.69, 9.17) is 0 Å².